The molecule has 1 aliphatic heterocycles. The number of carbonyl (C=O) groups is 3. The summed E-state index contributed by atoms with van der Waals surface area (Å²) in [6.07, 6.45) is 1.19. The van der Waals surface area contributed by atoms with Crippen LogP contribution in [0.1, 0.15) is 11.1 Å². The summed E-state index contributed by atoms with van der Waals surface area (Å²) in [6.45, 7) is 1.34. The van der Waals surface area contributed by atoms with Crippen molar-refractivity contribution in [1.29, 1.82) is 0 Å². The van der Waals surface area contributed by atoms with Crippen LogP contribution < -0.4 is 15.4 Å². The van der Waals surface area contributed by atoms with Gasteiger partial charge in [0.1, 0.15) is 12.2 Å². The summed E-state index contributed by atoms with van der Waals surface area (Å²) < 4.78 is 4.91. The van der Waals surface area contributed by atoms with Crippen molar-refractivity contribution in [3.8, 4) is 11.5 Å². The zero-order valence-corrected chi connectivity index (χ0v) is 16.5. The summed E-state index contributed by atoms with van der Waals surface area (Å²) in [4.78, 5) is 48.0. The van der Waals surface area contributed by atoms with Gasteiger partial charge in [0.05, 0.1) is 12.0 Å². The van der Waals surface area contributed by atoms with Crippen LogP contribution in [0.4, 0.5) is 16.2 Å². The van der Waals surface area contributed by atoms with Gasteiger partial charge in [0.25, 0.3) is 5.91 Å². The average Bonchev–Trinajstić information content (AvgIpc) is 2.96. The number of methoxy groups -OCH3 is 1. The van der Waals surface area contributed by atoms with E-state index in [2.05, 4.69) is 10.6 Å². The molecule has 2 aromatic rings. The zero-order valence-electron chi connectivity index (χ0n) is 16.5. The standard InChI is InChI=1S/C20H18N4O7/c1-11-4-3-5-13(6-11)21-17(25)10-23-19(27)14(22-20(23)28)7-12-8-15(24(29)30)18(26)16(9-12)31-2/h3-9,26H,10H2,1-2H3,(H,21,25)(H,22,28)/b14-7+. The maximum Gasteiger partial charge on any atom is 0.329 e. The van der Waals surface area contributed by atoms with Gasteiger partial charge in [-0.2, -0.15) is 0 Å². The van der Waals surface area contributed by atoms with Gasteiger partial charge in [-0.1, -0.05) is 12.1 Å². The highest BCUT2D eigenvalue weighted by molar-refractivity contribution is 6.16. The molecule has 3 N–H and O–H groups in total. The van der Waals surface area contributed by atoms with Crippen LogP contribution in [0.5, 0.6) is 11.5 Å². The number of carbonyl (C=O) groups excluding carboxylic acids is 3. The first-order chi connectivity index (χ1) is 14.7. The molecule has 1 aliphatic rings. The second-order valence-electron chi connectivity index (χ2n) is 6.65. The Morgan fingerprint density at radius 1 is 1.32 bits per heavy atom. The molecular weight excluding hydrogens is 408 g/mol. The van der Waals surface area contributed by atoms with Gasteiger partial charge in [0, 0.05) is 11.8 Å². The minimum absolute atomic E-state index is 0.135. The smallest absolute Gasteiger partial charge is 0.329 e. The lowest BCUT2D eigenvalue weighted by Gasteiger charge is -2.12. The molecule has 160 valence electrons. The van der Waals surface area contributed by atoms with Crippen LogP contribution >= 0.6 is 0 Å². The Bertz CT molecular complexity index is 1130. The number of benzene rings is 2. The predicted molar refractivity (Wildman–Crippen MR) is 109 cm³/mol. The van der Waals surface area contributed by atoms with Crippen molar-refractivity contribution in [2.45, 2.75) is 6.92 Å². The van der Waals surface area contributed by atoms with Gasteiger partial charge in [-0.25, -0.2) is 9.69 Å². The number of nitrogens with one attached hydrogen (secondary N) is 2. The number of phenols is 1. The molecular formula is C20H18N4O7. The molecule has 1 fully saturated rings. The lowest BCUT2D eigenvalue weighted by atomic mass is 10.1. The second kappa shape index (κ2) is 8.53. The highest BCUT2D eigenvalue weighted by Crippen LogP contribution is 2.37. The zero-order chi connectivity index (χ0) is 22.7. The Hall–Kier alpha value is -4.41. The Morgan fingerprint density at radius 3 is 2.71 bits per heavy atom. The highest BCUT2D eigenvalue weighted by atomic mass is 16.6. The van der Waals surface area contributed by atoms with E-state index in [4.69, 9.17) is 4.74 Å². The molecule has 0 atom stereocenters. The van der Waals surface area contributed by atoms with Crippen molar-refractivity contribution in [3.05, 3.63) is 63.3 Å². The molecule has 31 heavy (non-hydrogen) atoms. The third kappa shape index (κ3) is 4.61. The summed E-state index contributed by atoms with van der Waals surface area (Å²) in [7, 11) is 1.22. The quantitative estimate of drug-likeness (QED) is 0.277. The number of nitrogens with zero attached hydrogens (tertiary/aromatic N) is 2. The maximum atomic E-state index is 12.6. The van der Waals surface area contributed by atoms with Gasteiger partial charge < -0.3 is 20.5 Å². The van der Waals surface area contributed by atoms with Crippen molar-refractivity contribution in [2.24, 2.45) is 0 Å². The summed E-state index contributed by atoms with van der Waals surface area (Å²) in [5.41, 5.74) is 0.775. The molecule has 11 nitrogen and oxygen atoms in total. The van der Waals surface area contributed by atoms with Crippen LogP contribution in [0.3, 0.4) is 0 Å². The van der Waals surface area contributed by atoms with E-state index < -0.39 is 40.8 Å². The Kier molecular flexibility index (Phi) is 5.86. The summed E-state index contributed by atoms with van der Waals surface area (Å²) in [6, 6.07) is 8.50. The average molecular weight is 426 g/mol. The molecule has 1 heterocycles. The van der Waals surface area contributed by atoms with E-state index in [1.54, 1.807) is 18.2 Å². The number of nitro groups is 1. The number of phenolic OH excluding ortho intramolecular Hbond substituents is 1. The number of ether oxygens (including phenoxy) is 1. The van der Waals surface area contributed by atoms with Crippen molar-refractivity contribution >= 4 is 35.3 Å². The number of hydrogen-bond acceptors (Lipinski definition) is 7. The summed E-state index contributed by atoms with van der Waals surface area (Å²) in [5.74, 6) is -2.19. The fraction of sp³-hybridized carbons (Fsp3) is 0.150. The van der Waals surface area contributed by atoms with Gasteiger partial charge >= 0.3 is 11.7 Å². The molecule has 0 saturated carbocycles. The molecule has 0 spiro atoms. The number of amides is 4. The first kappa shape index (κ1) is 21.3. The molecule has 0 unspecified atom stereocenters. The number of imide groups is 1. The number of aryl methyl sites for hydroxylation is 1. The lowest BCUT2D eigenvalue weighted by Crippen LogP contribution is -2.38. The van der Waals surface area contributed by atoms with E-state index >= 15 is 0 Å². The Morgan fingerprint density at radius 2 is 2.06 bits per heavy atom. The van der Waals surface area contributed by atoms with Crippen LogP contribution in [0.15, 0.2) is 42.1 Å². The topological polar surface area (TPSA) is 151 Å². The molecule has 2 aromatic carbocycles. The van der Waals surface area contributed by atoms with Gasteiger partial charge in [0.2, 0.25) is 11.7 Å². The summed E-state index contributed by atoms with van der Waals surface area (Å²) in [5, 5.41) is 25.9. The molecule has 0 radical (unpaired) electrons. The van der Waals surface area contributed by atoms with E-state index in [1.165, 1.54) is 19.3 Å². The maximum absolute atomic E-state index is 12.6. The van der Waals surface area contributed by atoms with E-state index in [0.717, 1.165) is 11.6 Å². The Labute approximate surface area is 176 Å². The van der Waals surface area contributed by atoms with Crippen LogP contribution in [0.2, 0.25) is 0 Å². The number of anilines is 1. The van der Waals surface area contributed by atoms with Crippen molar-refractivity contribution in [3.63, 3.8) is 0 Å². The highest BCUT2D eigenvalue weighted by Gasteiger charge is 2.35. The molecule has 3 rings (SSSR count). The monoisotopic (exact) mass is 426 g/mol. The third-order valence-corrected chi connectivity index (χ3v) is 4.37. The van der Waals surface area contributed by atoms with Crippen molar-refractivity contribution < 1.29 is 29.2 Å². The van der Waals surface area contributed by atoms with Gasteiger partial charge in [-0.3, -0.25) is 19.7 Å². The van der Waals surface area contributed by atoms with Gasteiger partial charge in [-0.15, -0.1) is 0 Å². The third-order valence-electron chi connectivity index (χ3n) is 4.37. The lowest BCUT2D eigenvalue weighted by molar-refractivity contribution is -0.386. The van der Waals surface area contributed by atoms with Crippen LogP contribution in [0, 0.1) is 17.0 Å². The molecule has 0 aliphatic carbocycles. The molecule has 0 aromatic heterocycles. The number of urea groups is 1. The number of aromatic hydroxyl groups is 1. The Balaban J connectivity index is 1.80. The first-order valence-corrected chi connectivity index (χ1v) is 8.96. The number of hydrogen-bond donors (Lipinski definition) is 3. The van der Waals surface area contributed by atoms with E-state index in [1.807, 2.05) is 13.0 Å². The first-order valence-electron chi connectivity index (χ1n) is 8.96. The normalized spacial score (nSPS) is 14.5. The molecule has 1 saturated heterocycles. The van der Waals surface area contributed by atoms with Crippen LogP contribution in [-0.4, -0.2) is 46.4 Å². The minimum Gasteiger partial charge on any atom is -0.500 e. The molecule has 4 amide bonds. The minimum atomic E-state index is -0.809. The number of nitro benzene ring substituents is 1. The predicted octanol–water partition coefficient (Wildman–Crippen LogP) is 2.15. The van der Waals surface area contributed by atoms with E-state index in [-0.39, 0.29) is 17.0 Å². The fourth-order valence-electron chi connectivity index (χ4n) is 2.94. The van der Waals surface area contributed by atoms with Crippen LogP contribution in [0.25, 0.3) is 6.08 Å². The van der Waals surface area contributed by atoms with Gasteiger partial charge in [0.15, 0.2) is 5.75 Å². The fourth-order valence-corrected chi connectivity index (χ4v) is 2.94. The largest absolute Gasteiger partial charge is 0.500 e. The van der Waals surface area contributed by atoms with E-state index in [0.29, 0.717) is 10.6 Å². The second-order valence-corrected chi connectivity index (χ2v) is 6.65. The summed E-state index contributed by atoms with van der Waals surface area (Å²) >= 11 is 0. The van der Waals surface area contributed by atoms with Gasteiger partial charge in [-0.05, 0) is 42.3 Å². The number of rotatable bonds is 6. The molecule has 0 bridgehead atoms. The van der Waals surface area contributed by atoms with Crippen molar-refractivity contribution in [1.82, 2.24) is 10.2 Å². The van der Waals surface area contributed by atoms with Crippen LogP contribution in [-0.2, 0) is 9.59 Å². The molecule has 11 heteroatoms. The SMILES string of the molecule is COc1cc(/C=C2/NC(=O)N(CC(=O)Nc3cccc(C)c3)C2=O)cc([N+](=O)[O-])c1O. The van der Waals surface area contributed by atoms with E-state index in [9.17, 15) is 29.6 Å². The van der Waals surface area contributed by atoms with Crippen molar-refractivity contribution in [2.75, 3.05) is 19.0 Å².